The third-order valence-electron chi connectivity index (χ3n) is 1.99. The zero-order chi connectivity index (χ0) is 12.3. The lowest BCUT2D eigenvalue weighted by atomic mass is 10.2. The summed E-state index contributed by atoms with van der Waals surface area (Å²) in [6.45, 7) is 0. The van der Waals surface area contributed by atoms with Gasteiger partial charge in [0.1, 0.15) is 5.15 Å². The van der Waals surface area contributed by atoms with Crippen LogP contribution in [0.3, 0.4) is 0 Å². The van der Waals surface area contributed by atoms with Gasteiger partial charge >= 0.3 is 0 Å². The van der Waals surface area contributed by atoms with Crippen LogP contribution in [-0.4, -0.2) is 15.9 Å². The molecule has 0 aliphatic heterocycles. The second kappa shape index (κ2) is 5.25. The fourth-order valence-corrected chi connectivity index (χ4v) is 1.74. The Morgan fingerprint density at radius 2 is 2.06 bits per heavy atom. The van der Waals surface area contributed by atoms with Crippen LogP contribution in [0.25, 0.3) is 0 Å². The Kier molecular flexibility index (Phi) is 3.71. The SMILES string of the molecule is O=C(Nc1ccncc1)c1cc(Br)cnc1Cl. The molecule has 17 heavy (non-hydrogen) atoms. The largest absolute Gasteiger partial charge is 0.322 e. The quantitative estimate of drug-likeness (QED) is 0.867. The Morgan fingerprint density at radius 1 is 1.35 bits per heavy atom. The standard InChI is InChI=1S/C11H7BrClN3O/c12-7-5-9(10(13)15-6-7)11(17)16-8-1-3-14-4-2-8/h1-6H,(H,14,16,17). The summed E-state index contributed by atoms with van der Waals surface area (Å²) in [4.78, 5) is 19.7. The molecule has 0 saturated heterocycles. The molecule has 0 spiro atoms. The van der Waals surface area contributed by atoms with Crippen molar-refractivity contribution < 1.29 is 4.79 Å². The molecular weight excluding hydrogens is 305 g/mol. The summed E-state index contributed by atoms with van der Waals surface area (Å²) in [6, 6.07) is 5.00. The van der Waals surface area contributed by atoms with E-state index in [1.54, 1.807) is 30.6 Å². The number of hydrogen-bond donors (Lipinski definition) is 1. The van der Waals surface area contributed by atoms with Gasteiger partial charge < -0.3 is 5.32 Å². The minimum absolute atomic E-state index is 0.166. The van der Waals surface area contributed by atoms with E-state index >= 15 is 0 Å². The Balaban J connectivity index is 2.23. The van der Waals surface area contributed by atoms with Crippen molar-refractivity contribution in [3.05, 3.63) is 52.0 Å². The lowest BCUT2D eigenvalue weighted by molar-refractivity contribution is 0.102. The molecular formula is C11H7BrClN3O. The number of aromatic nitrogens is 2. The monoisotopic (exact) mass is 311 g/mol. The van der Waals surface area contributed by atoms with E-state index < -0.39 is 0 Å². The lowest BCUT2D eigenvalue weighted by Crippen LogP contribution is -2.13. The minimum atomic E-state index is -0.310. The summed E-state index contributed by atoms with van der Waals surface area (Å²) in [7, 11) is 0. The summed E-state index contributed by atoms with van der Waals surface area (Å²) in [6.07, 6.45) is 4.72. The van der Waals surface area contributed by atoms with Gasteiger partial charge in [0.25, 0.3) is 5.91 Å². The number of anilines is 1. The highest BCUT2D eigenvalue weighted by Crippen LogP contribution is 2.19. The molecule has 86 valence electrons. The van der Waals surface area contributed by atoms with E-state index in [4.69, 9.17) is 11.6 Å². The Morgan fingerprint density at radius 3 is 2.76 bits per heavy atom. The molecule has 6 heteroatoms. The number of carbonyl (C=O) groups is 1. The molecule has 1 N–H and O–H groups in total. The van der Waals surface area contributed by atoms with Gasteiger partial charge in [-0.3, -0.25) is 9.78 Å². The molecule has 0 aliphatic carbocycles. The summed E-state index contributed by atoms with van der Waals surface area (Å²) >= 11 is 9.09. The zero-order valence-corrected chi connectivity index (χ0v) is 10.9. The van der Waals surface area contributed by atoms with Gasteiger partial charge in [0.15, 0.2) is 0 Å². The van der Waals surface area contributed by atoms with Gasteiger partial charge in [0.05, 0.1) is 5.56 Å². The molecule has 2 aromatic rings. The van der Waals surface area contributed by atoms with Crippen LogP contribution in [0.5, 0.6) is 0 Å². The first-order chi connectivity index (χ1) is 8.16. The molecule has 2 rings (SSSR count). The third kappa shape index (κ3) is 3.01. The molecule has 4 nitrogen and oxygen atoms in total. The number of nitrogens with one attached hydrogen (secondary N) is 1. The van der Waals surface area contributed by atoms with Crippen LogP contribution in [0.15, 0.2) is 41.3 Å². The summed E-state index contributed by atoms with van der Waals surface area (Å²) in [5.41, 5.74) is 0.971. The van der Waals surface area contributed by atoms with Crippen molar-refractivity contribution in [2.75, 3.05) is 5.32 Å². The maximum Gasteiger partial charge on any atom is 0.258 e. The van der Waals surface area contributed by atoms with Crippen LogP contribution < -0.4 is 5.32 Å². The molecule has 1 amide bonds. The van der Waals surface area contributed by atoms with Gasteiger partial charge in [0.2, 0.25) is 0 Å². The topological polar surface area (TPSA) is 54.9 Å². The zero-order valence-electron chi connectivity index (χ0n) is 8.52. The first-order valence-corrected chi connectivity index (χ1v) is 5.86. The maximum absolute atomic E-state index is 11.9. The highest BCUT2D eigenvalue weighted by molar-refractivity contribution is 9.10. The summed E-state index contributed by atoms with van der Waals surface area (Å²) in [5, 5.41) is 2.87. The molecule has 0 fully saturated rings. The second-order valence-corrected chi connectivity index (χ2v) is 4.46. The molecule has 2 heterocycles. The predicted octanol–water partition coefficient (Wildman–Crippen LogP) is 3.14. The number of rotatable bonds is 2. The Bertz CT molecular complexity index is 548. The number of pyridine rings is 2. The smallest absolute Gasteiger partial charge is 0.258 e. The van der Waals surface area contributed by atoms with Gasteiger partial charge in [-0.1, -0.05) is 11.6 Å². The van der Waals surface area contributed by atoms with Crippen LogP contribution in [0.1, 0.15) is 10.4 Å². The number of amides is 1. The number of halogens is 2. The first kappa shape index (κ1) is 12.0. The molecule has 0 aromatic carbocycles. The second-order valence-electron chi connectivity index (χ2n) is 3.18. The Hall–Kier alpha value is -1.46. The van der Waals surface area contributed by atoms with Gasteiger partial charge in [-0.2, -0.15) is 0 Å². The van der Waals surface area contributed by atoms with E-state index in [0.29, 0.717) is 15.7 Å². The lowest BCUT2D eigenvalue weighted by Gasteiger charge is -2.06. The minimum Gasteiger partial charge on any atom is -0.322 e. The molecule has 0 radical (unpaired) electrons. The van der Waals surface area contributed by atoms with Gasteiger partial charge in [-0.15, -0.1) is 0 Å². The molecule has 0 unspecified atom stereocenters. The van der Waals surface area contributed by atoms with E-state index in [9.17, 15) is 4.79 Å². The molecule has 0 aliphatic rings. The maximum atomic E-state index is 11.9. The predicted molar refractivity (Wildman–Crippen MR) is 69.1 cm³/mol. The van der Waals surface area contributed by atoms with Gasteiger partial charge in [0, 0.05) is 28.8 Å². The molecule has 0 bridgehead atoms. The average molecular weight is 313 g/mol. The van der Waals surface area contributed by atoms with E-state index in [2.05, 4.69) is 31.2 Å². The third-order valence-corrected chi connectivity index (χ3v) is 2.72. The number of nitrogens with zero attached hydrogens (tertiary/aromatic N) is 2. The molecule has 0 atom stereocenters. The van der Waals surface area contributed by atoms with Crippen LogP contribution in [0.4, 0.5) is 5.69 Å². The van der Waals surface area contributed by atoms with Crippen LogP contribution in [0, 0.1) is 0 Å². The van der Waals surface area contributed by atoms with E-state index in [1.165, 1.54) is 6.20 Å². The number of carbonyl (C=O) groups excluding carboxylic acids is 1. The van der Waals surface area contributed by atoms with Crippen LogP contribution in [-0.2, 0) is 0 Å². The van der Waals surface area contributed by atoms with Crippen molar-refractivity contribution in [2.45, 2.75) is 0 Å². The summed E-state index contributed by atoms with van der Waals surface area (Å²) < 4.78 is 0.696. The van der Waals surface area contributed by atoms with Crippen LogP contribution in [0.2, 0.25) is 5.15 Å². The summed E-state index contributed by atoms with van der Waals surface area (Å²) in [5.74, 6) is -0.310. The van der Waals surface area contributed by atoms with E-state index in [0.717, 1.165) is 0 Å². The van der Waals surface area contributed by atoms with Gasteiger partial charge in [-0.05, 0) is 34.1 Å². The first-order valence-electron chi connectivity index (χ1n) is 4.69. The van der Waals surface area contributed by atoms with Crippen molar-refractivity contribution in [2.24, 2.45) is 0 Å². The molecule has 2 aromatic heterocycles. The highest BCUT2D eigenvalue weighted by atomic mass is 79.9. The fourth-order valence-electron chi connectivity index (χ4n) is 1.22. The van der Waals surface area contributed by atoms with Crippen molar-refractivity contribution in [3.8, 4) is 0 Å². The van der Waals surface area contributed by atoms with E-state index in [1.807, 2.05) is 0 Å². The van der Waals surface area contributed by atoms with Crippen molar-refractivity contribution >= 4 is 39.1 Å². The average Bonchev–Trinajstić information content (AvgIpc) is 2.33. The number of hydrogen-bond acceptors (Lipinski definition) is 3. The van der Waals surface area contributed by atoms with Crippen molar-refractivity contribution in [1.82, 2.24) is 9.97 Å². The normalized spacial score (nSPS) is 10.0. The highest BCUT2D eigenvalue weighted by Gasteiger charge is 2.12. The van der Waals surface area contributed by atoms with E-state index in [-0.39, 0.29) is 11.1 Å². The van der Waals surface area contributed by atoms with Crippen molar-refractivity contribution in [3.63, 3.8) is 0 Å². The fraction of sp³-hybridized carbons (Fsp3) is 0. The molecule has 0 saturated carbocycles. The van der Waals surface area contributed by atoms with Crippen molar-refractivity contribution in [1.29, 1.82) is 0 Å². The van der Waals surface area contributed by atoms with Crippen LogP contribution >= 0.6 is 27.5 Å². The van der Waals surface area contributed by atoms with Gasteiger partial charge in [-0.25, -0.2) is 4.98 Å². The Labute approximate surface area is 111 Å².